The second kappa shape index (κ2) is 8.57. The fourth-order valence-electron chi connectivity index (χ4n) is 3.00. The molecular formula is C19H23N3O5S. The first-order valence-electron chi connectivity index (χ1n) is 9.09. The minimum Gasteiger partial charge on any atom is -0.451 e. The van der Waals surface area contributed by atoms with E-state index in [4.69, 9.17) is 4.74 Å². The molecule has 0 unspecified atom stereocenters. The molecule has 1 aliphatic rings. The summed E-state index contributed by atoms with van der Waals surface area (Å²) in [6.45, 7) is 2.30. The first-order valence-corrected chi connectivity index (χ1v) is 10.5. The molecule has 1 aromatic heterocycles. The molecule has 0 spiro atoms. The van der Waals surface area contributed by atoms with Crippen molar-refractivity contribution >= 4 is 27.6 Å². The summed E-state index contributed by atoms with van der Waals surface area (Å²) in [7, 11) is -3.60. The molecule has 0 atom stereocenters. The number of rotatable bonds is 6. The zero-order chi connectivity index (χ0) is 20.1. The van der Waals surface area contributed by atoms with Crippen molar-refractivity contribution in [3.05, 3.63) is 47.8 Å². The lowest BCUT2D eigenvalue weighted by Crippen LogP contribution is -2.35. The maximum Gasteiger partial charge on any atom is 0.355 e. The number of hydrogen-bond donors (Lipinski definition) is 2. The molecule has 0 saturated carbocycles. The predicted octanol–water partition coefficient (Wildman–Crippen LogP) is 2.29. The quantitative estimate of drug-likeness (QED) is 0.717. The van der Waals surface area contributed by atoms with Crippen molar-refractivity contribution in [3.8, 4) is 0 Å². The van der Waals surface area contributed by atoms with Crippen LogP contribution in [0.1, 0.15) is 35.3 Å². The van der Waals surface area contributed by atoms with Gasteiger partial charge < -0.3 is 15.0 Å². The van der Waals surface area contributed by atoms with Gasteiger partial charge in [-0.25, -0.2) is 13.2 Å². The predicted molar refractivity (Wildman–Crippen MR) is 103 cm³/mol. The van der Waals surface area contributed by atoms with Gasteiger partial charge in [0.05, 0.1) is 4.90 Å². The Hall–Kier alpha value is -2.65. The van der Waals surface area contributed by atoms with Crippen molar-refractivity contribution in [3.63, 3.8) is 0 Å². The lowest BCUT2D eigenvalue weighted by Gasteiger charge is -2.26. The number of piperidine rings is 1. The fourth-order valence-corrected chi connectivity index (χ4v) is 4.55. The first kappa shape index (κ1) is 20.1. The Bertz CT molecular complexity index is 948. The van der Waals surface area contributed by atoms with E-state index in [1.54, 1.807) is 37.4 Å². The highest BCUT2D eigenvalue weighted by Gasteiger charge is 2.26. The summed E-state index contributed by atoms with van der Waals surface area (Å²) < 4.78 is 32.1. The summed E-state index contributed by atoms with van der Waals surface area (Å²) >= 11 is 0. The maximum atomic E-state index is 12.8. The molecule has 0 bridgehead atoms. The number of anilines is 1. The Morgan fingerprint density at radius 1 is 1.18 bits per heavy atom. The molecule has 9 heteroatoms. The lowest BCUT2D eigenvalue weighted by molar-refractivity contribution is -0.119. The van der Waals surface area contributed by atoms with Crippen LogP contribution in [0.3, 0.4) is 0 Å². The van der Waals surface area contributed by atoms with Gasteiger partial charge in [-0.2, -0.15) is 4.31 Å². The summed E-state index contributed by atoms with van der Waals surface area (Å²) in [5.74, 6) is -1.19. The van der Waals surface area contributed by atoms with Crippen molar-refractivity contribution in [1.29, 1.82) is 0 Å². The van der Waals surface area contributed by atoms with Crippen LogP contribution in [0, 0.1) is 6.92 Å². The number of esters is 1. The number of nitrogens with one attached hydrogen (secondary N) is 2. The van der Waals surface area contributed by atoms with Crippen LogP contribution in [0.25, 0.3) is 0 Å². The number of nitrogens with zero attached hydrogens (tertiary/aromatic N) is 1. The molecule has 1 aromatic carbocycles. The monoisotopic (exact) mass is 405 g/mol. The Morgan fingerprint density at radius 3 is 2.61 bits per heavy atom. The Kier molecular flexibility index (Phi) is 6.15. The fraction of sp³-hybridized carbons (Fsp3) is 0.368. The Morgan fingerprint density at radius 2 is 1.93 bits per heavy atom. The number of aromatic amines is 1. The van der Waals surface area contributed by atoms with Gasteiger partial charge in [0.2, 0.25) is 10.0 Å². The van der Waals surface area contributed by atoms with E-state index in [-0.39, 0.29) is 10.6 Å². The van der Waals surface area contributed by atoms with Crippen LogP contribution in [0.4, 0.5) is 5.69 Å². The van der Waals surface area contributed by atoms with Crippen LogP contribution >= 0.6 is 0 Å². The third kappa shape index (κ3) is 4.60. The maximum absolute atomic E-state index is 12.8. The zero-order valence-corrected chi connectivity index (χ0v) is 16.4. The summed E-state index contributed by atoms with van der Waals surface area (Å²) in [6, 6.07) is 7.83. The number of aryl methyl sites for hydroxylation is 1. The average molecular weight is 405 g/mol. The number of amides is 1. The highest BCUT2D eigenvalue weighted by Crippen LogP contribution is 2.25. The van der Waals surface area contributed by atoms with E-state index < -0.39 is 28.5 Å². The van der Waals surface area contributed by atoms with E-state index >= 15 is 0 Å². The van der Waals surface area contributed by atoms with Crippen molar-refractivity contribution in [2.45, 2.75) is 31.1 Å². The standard InChI is InChI=1S/C19H23N3O5S/c1-14-7-8-15(28(25,26)22-10-3-2-4-11-22)12-17(14)21-18(23)13-27-19(24)16-6-5-9-20-16/h5-9,12,20H,2-4,10-11,13H2,1H3,(H,21,23). The third-order valence-corrected chi connectivity index (χ3v) is 6.48. The van der Waals surface area contributed by atoms with Crippen molar-refractivity contribution in [2.24, 2.45) is 0 Å². The van der Waals surface area contributed by atoms with Crippen LogP contribution in [0.2, 0.25) is 0 Å². The molecule has 1 amide bonds. The molecule has 1 fully saturated rings. The van der Waals surface area contributed by atoms with E-state index in [2.05, 4.69) is 10.3 Å². The number of benzene rings is 1. The van der Waals surface area contributed by atoms with Gasteiger partial charge in [0, 0.05) is 25.0 Å². The van der Waals surface area contributed by atoms with E-state index in [1.165, 1.54) is 10.4 Å². The molecule has 150 valence electrons. The first-order chi connectivity index (χ1) is 13.4. The Balaban J connectivity index is 1.67. The smallest absolute Gasteiger partial charge is 0.355 e. The highest BCUT2D eigenvalue weighted by atomic mass is 32.2. The molecule has 28 heavy (non-hydrogen) atoms. The van der Waals surface area contributed by atoms with Crippen LogP contribution in [0.15, 0.2) is 41.4 Å². The van der Waals surface area contributed by atoms with Crippen LogP contribution in [-0.4, -0.2) is 49.3 Å². The molecule has 8 nitrogen and oxygen atoms in total. The molecule has 2 heterocycles. The number of sulfonamides is 1. The van der Waals surface area contributed by atoms with Gasteiger partial charge in [-0.05, 0) is 49.6 Å². The van der Waals surface area contributed by atoms with Gasteiger partial charge in [-0.3, -0.25) is 4.79 Å². The molecule has 0 radical (unpaired) electrons. The minimum absolute atomic E-state index is 0.138. The number of ether oxygens (including phenoxy) is 1. The molecule has 1 saturated heterocycles. The van der Waals surface area contributed by atoms with Crippen molar-refractivity contribution < 1.29 is 22.7 Å². The molecule has 1 aliphatic heterocycles. The van der Waals surface area contributed by atoms with Gasteiger partial charge in [-0.1, -0.05) is 12.5 Å². The van der Waals surface area contributed by atoms with Gasteiger partial charge in [0.1, 0.15) is 5.69 Å². The van der Waals surface area contributed by atoms with Crippen LogP contribution in [0.5, 0.6) is 0 Å². The lowest BCUT2D eigenvalue weighted by atomic mass is 10.2. The second-order valence-corrected chi connectivity index (χ2v) is 8.59. The number of H-pyrrole nitrogens is 1. The number of carbonyl (C=O) groups excluding carboxylic acids is 2. The molecule has 0 aliphatic carbocycles. The summed E-state index contributed by atoms with van der Waals surface area (Å²) in [4.78, 5) is 26.7. The van der Waals surface area contributed by atoms with E-state index in [9.17, 15) is 18.0 Å². The molecule has 2 N–H and O–H groups in total. The van der Waals surface area contributed by atoms with Gasteiger partial charge >= 0.3 is 5.97 Å². The normalized spacial score (nSPS) is 15.2. The Labute approximate surface area is 163 Å². The SMILES string of the molecule is Cc1ccc(S(=O)(=O)N2CCCCC2)cc1NC(=O)COC(=O)c1ccc[nH]1. The molecule has 2 aromatic rings. The molecule has 3 rings (SSSR count). The average Bonchev–Trinajstić information content (AvgIpc) is 3.23. The number of hydrogen-bond acceptors (Lipinski definition) is 5. The second-order valence-electron chi connectivity index (χ2n) is 6.65. The van der Waals surface area contributed by atoms with Crippen molar-refractivity contribution in [1.82, 2.24) is 9.29 Å². The minimum atomic E-state index is -3.60. The largest absolute Gasteiger partial charge is 0.451 e. The van der Waals surface area contributed by atoms with E-state index in [0.29, 0.717) is 24.3 Å². The number of carbonyl (C=O) groups is 2. The summed E-state index contributed by atoms with van der Waals surface area (Å²) in [5, 5.41) is 2.62. The summed E-state index contributed by atoms with van der Waals surface area (Å²) in [6.07, 6.45) is 4.30. The topological polar surface area (TPSA) is 109 Å². The summed E-state index contributed by atoms with van der Waals surface area (Å²) in [5.41, 5.74) is 1.33. The van der Waals surface area contributed by atoms with E-state index in [0.717, 1.165) is 19.3 Å². The van der Waals surface area contributed by atoms with Crippen LogP contribution < -0.4 is 5.32 Å². The van der Waals surface area contributed by atoms with Gasteiger partial charge in [0.15, 0.2) is 6.61 Å². The van der Waals surface area contributed by atoms with E-state index in [1.807, 2.05) is 0 Å². The van der Waals surface area contributed by atoms with Crippen molar-refractivity contribution in [2.75, 3.05) is 25.0 Å². The van der Waals surface area contributed by atoms with Crippen LogP contribution in [-0.2, 0) is 19.6 Å². The third-order valence-electron chi connectivity index (χ3n) is 4.59. The zero-order valence-electron chi connectivity index (χ0n) is 15.6. The van der Waals surface area contributed by atoms with Gasteiger partial charge in [-0.15, -0.1) is 0 Å². The number of aromatic nitrogens is 1. The highest BCUT2D eigenvalue weighted by molar-refractivity contribution is 7.89. The van der Waals surface area contributed by atoms with Gasteiger partial charge in [0.25, 0.3) is 5.91 Å². The molecular weight excluding hydrogens is 382 g/mol.